The summed E-state index contributed by atoms with van der Waals surface area (Å²) in [5, 5.41) is 0. The second-order valence-electron chi connectivity index (χ2n) is 4.61. The second-order valence-corrected chi connectivity index (χ2v) is 4.61. The van der Waals surface area contributed by atoms with Crippen molar-refractivity contribution in [2.45, 2.75) is 27.7 Å². The Morgan fingerprint density at radius 3 is 2.50 bits per heavy atom. The molecule has 0 atom stereocenters. The van der Waals surface area contributed by atoms with Crippen LogP contribution in [-0.2, 0) is 9.53 Å². The number of hydrogen-bond donors (Lipinski definition) is 0. The first-order valence-electron chi connectivity index (χ1n) is 5.79. The fourth-order valence-electron chi connectivity index (χ4n) is 1.56. The zero-order valence-corrected chi connectivity index (χ0v) is 11.0. The lowest BCUT2D eigenvalue weighted by Crippen LogP contribution is -2.35. The van der Waals surface area contributed by atoms with E-state index in [4.69, 9.17) is 4.74 Å². The molecule has 18 heavy (non-hydrogen) atoms. The molecule has 98 valence electrons. The Morgan fingerprint density at radius 2 is 1.94 bits per heavy atom. The largest absolute Gasteiger partial charge is 0.465 e. The van der Waals surface area contributed by atoms with Gasteiger partial charge in [0.2, 0.25) is 0 Å². The van der Waals surface area contributed by atoms with E-state index in [1.807, 2.05) is 0 Å². The van der Waals surface area contributed by atoms with Crippen molar-refractivity contribution in [1.82, 2.24) is 0 Å². The fourth-order valence-corrected chi connectivity index (χ4v) is 1.56. The maximum absolute atomic E-state index is 13.9. The summed E-state index contributed by atoms with van der Waals surface area (Å²) in [6, 6.07) is 4.54. The smallest absolute Gasteiger partial charge is 0.319 e. The van der Waals surface area contributed by atoms with Crippen molar-refractivity contribution in [3.63, 3.8) is 0 Å². The number of carbonyl (C=O) groups excluding carboxylic acids is 2. The molecule has 3 nitrogen and oxygen atoms in total. The normalized spacial score (nSPS) is 11.2. The average molecular weight is 252 g/mol. The zero-order valence-electron chi connectivity index (χ0n) is 11.0. The highest BCUT2D eigenvalue weighted by molar-refractivity contribution is 6.12. The number of halogens is 1. The standard InChI is InChI=1S/C14H17FO3/c1-5-18-13(17)14(3,4)12(16)10-8-6-7-9(2)11(10)15/h6-8H,5H2,1-4H3. The molecular formula is C14H17FO3. The highest BCUT2D eigenvalue weighted by Crippen LogP contribution is 2.26. The molecule has 0 aliphatic heterocycles. The summed E-state index contributed by atoms with van der Waals surface area (Å²) in [5.74, 6) is -1.79. The number of esters is 1. The van der Waals surface area contributed by atoms with Crippen molar-refractivity contribution >= 4 is 11.8 Å². The lowest BCUT2D eigenvalue weighted by Gasteiger charge is -2.21. The lowest BCUT2D eigenvalue weighted by molar-refractivity contribution is -0.150. The van der Waals surface area contributed by atoms with Crippen molar-refractivity contribution in [3.05, 3.63) is 35.1 Å². The number of hydrogen-bond acceptors (Lipinski definition) is 3. The number of carbonyl (C=O) groups is 2. The van der Waals surface area contributed by atoms with Gasteiger partial charge in [-0.15, -0.1) is 0 Å². The van der Waals surface area contributed by atoms with Gasteiger partial charge in [-0.3, -0.25) is 9.59 Å². The molecule has 0 amide bonds. The summed E-state index contributed by atoms with van der Waals surface area (Å²) in [6.07, 6.45) is 0. The van der Waals surface area contributed by atoms with Gasteiger partial charge in [0, 0.05) is 0 Å². The van der Waals surface area contributed by atoms with Crippen LogP contribution in [0.15, 0.2) is 18.2 Å². The SMILES string of the molecule is CCOC(=O)C(C)(C)C(=O)c1cccc(C)c1F. The number of ether oxygens (including phenoxy) is 1. The molecule has 1 aromatic rings. The molecule has 1 aromatic carbocycles. The van der Waals surface area contributed by atoms with Gasteiger partial charge in [-0.1, -0.05) is 12.1 Å². The number of Topliss-reactive ketones (excluding diaryl/α,β-unsaturated/α-hetero) is 1. The Labute approximate surface area is 106 Å². The molecule has 0 spiro atoms. The molecular weight excluding hydrogens is 235 g/mol. The van der Waals surface area contributed by atoms with Crippen molar-refractivity contribution in [1.29, 1.82) is 0 Å². The van der Waals surface area contributed by atoms with Gasteiger partial charge < -0.3 is 4.74 Å². The quantitative estimate of drug-likeness (QED) is 0.470. The third-order valence-electron chi connectivity index (χ3n) is 2.79. The highest BCUT2D eigenvalue weighted by Gasteiger charge is 2.39. The molecule has 0 aromatic heterocycles. The van der Waals surface area contributed by atoms with E-state index in [1.54, 1.807) is 26.0 Å². The predicted octanol–water partition coefficient (Wildman–Crippen LogP) is 2.91. The van der Waals surface area contributed by atoms with E-state index in [9.17, 15) is 14.0 Å². The molecule has 0 N–H and O–H groups in total. The van der Waals surface area contributed by atoms with Gasteiger partial charge in [0.1, 0.15) is 11.2 Å². The van der Waals surface area contributed by atoms with Gasteiger partial charge in [-0.25, -0.2) is 4.39 Å². The monoisotopic (exact) mass is 252 g/mol. The maximum atomic E-state index is 13.9. The first-order valence-corrected chi connectivity index (χ1v) is 5.79. The fraction of sp³-hybridized carbons (Fsp3) is 0.429. The number of rotatable bonds is 4. The molecule has 4 heteroatoms. The first kappa shape index (κ1) is 14.4. The molecule has 0 saturated carbocycles. The number of ketones is 1. The van der Waals surface area contributed by atoms with Crippen molar-refractivity contribution in [2.24, 2.45) is 5.41 Å². The summed E-state index contributed by atoms with van der Waals surface area (Å²) in [6.45, 7) is 6.30. The minimum atomic E-state index is -1.38. The van der Waals surface area contributed by atoms with Crippen molar-refractivity contribution < 1.29 is 18.7 Å². The first-order chi connectivity index (χ1) is 8.32. The zero-order chi connectivity index (χ0) is 13.9. The Bertz CT molecular complexity index is 478. The van der Waals surface area contributed by atoms with Crippen LogP contribution >= 0.6 is 0 Å². The molecule has 0 aliphatic carbocycles. The van der Waals surface area contributed by atoms with Crippen LogP contribution in [0.2, 0.25) is 0 Å². The Kier molecular flexibility index (Phi) is 4.22. The lowest BCUT2D eigenvalue weighted by atomic mass is 9.83. The summed E-state index contributed by atoms with van der Waals surface area (Å²) in [7, 11) is 0. The summed E-state index contributed by atoms with van der Waals surface area (Å²) in [4.78, 5) is 23.9. The molecule has 0 fully saturated rings. The Morgan fingerprint density at radius 1 is 1.33 bits per heavy atom. The minimum absolute atomic E-state index is 0.0759. The van der Waals surface area contributed by atoms with Crippen LogP contribution in [-0.4, -0.2) is 18.4 Å². The molecule has 0 aliphatic rings. The van der Waals surface area contributed by atoms with Crippen LogP contribution in [0.3, 0.4) is 0 Å². The Balaban J connectivity index is 3.14. The molecule has 0 heterocycles. The van der Waals surface area contributed by atoms with E-state index in [-0.39, 0.29) is 12.2 Å². The molecule has 0 saturated heterocycles. The van der Waals surface area contributed by atoms with E-state index >= 15 is 0 Å². The van der Waals surface area contributed by atoms with Gasteiger partial charge in [0.15, 0.2) is 5.78 Å². The van der Waals surface area contributed by atoms with Gasteiger partial charge >= 0.3 is 5.97 Å². The number of aryl methyl sites for hydroxylation is 1. The third-order valence-corrected chi connectivity index (χ3v) is 2.79. The van der Waals surface area contributed by atoms with Gasteiger partial charge in [-0.05, 0) is 39.3 Å². The average Bonchev–Trinajstić information content (AvgIpc) is 2.32. The third kappa shape index (κ3) is 2.58. The molecule has 0 unspecified atom stereocenters. The Hall–Kier alpha value is -1.71. The summed E-state index contributed by atoms with van der Waals surface area (Å²) >= 11 is 0. The summed E-state index contributed by atoms with van der Waals surface area (Å²) < 4.78 is 18.7. The van der Waals surface area contributed by atoms with Crippen LogP contribution in [0.25, 0.3) is 0 Å². The van der Waals surface area contributed by atoms with E-state index < -0.39 is 23.0 Å². The van der Waals surface area contributed by atoms with Crippen LogP contribution < -0.4 is 0 Å². The van der Waals surface area contributed by atoms with E-state index in [1.165, 1.54) is 19.9 Å². The van der Waals surface area contributed by atoms with E-state index in [0.717, 1.165) is 0 Å². The minimum Gasteiger partial charge on any atom is -0.465 e. The van der Waals surface area contributed by atoms with Crippen LogP contribution in [0, 0.1) is 18.2 Å². The molecule has 0 radical (unpaired) electrons. The highest BCUT2D eigenvalue weighted by atomic mass is 19.1. The molecule has 1 rings (SSSR count). The van der Waals surface area contributed by atoms with Crippen molar-refractivity contribution in [2.75, 3.05) is 6.61 Å². The van der Waals surface area contributed by atoms with Crippen LogP contribution in [0.4, 0.5) is 4.39 Å². The van der Waals surface area contributed by atoms with Gasteiger partial charge in [-0.2, -0.15) is 0 Å². The van der Waals surface area contributed by atoms with Gasteiger partial charge in [0.25, 0.3) is 0 Å². The molecule has 0 bridgehead atoms. The van der Waals surface area contributed by atoms with E-state index in [2.05, 4.69) is 0 Å². The number of benzene rings is 1. The second kappa shape index (κ2) is 5.29. The van der Waals surface area contributed by atoms with E-state index in [0.29, 0.717) is 5.56 Å². The van der Waals surface area contributed by atoms with Gasteiger partial charge in [0.05, 0.1) is 12.2 Å². The van der Waals surface area contributed by atoms with Crippen LogP contribution in [0.1, 0.15) is 36.7 Å². The predicted molar refractivity (Wildman–Crippen MR) is 65.9 cm³/mol. The van der Waals surface area contributed by atoms with Crippen molar-refractivity contribution in [3.8, 4) is 0 Å². The summed E-state index contributed by atoms with van der Waals surface area (Å²) in [5.41, 5.74) is -1.08. The maximum Gasteiger partial charge on any atom is 0.319 e. The van der Waals surface area contributed by atoms with Crippen LogP contribution in [0.5, 0.6) is 0 Å². The topological polar surface area (TPSA) is 43.4 Å².